The zero-order valence-corrected chi connectivity index (χ0v) is 16.5. The molecule has 1 atom stereocenters. The van der Waals surface area contributed by atoms with Gasteiger partial charge in [-0.05, 0) is 31.2 Å². The monoisotopic (exact) mass is 405 g/mol. The van der Waals surface area contributed by atoms with Crippen LogP contribution >= 0.6 is 0 Å². The molecular formula is C21H23N7O2. The van der Waals surface area contributed by atoms with Gasteiger partial charge in [-0.2, -0.15) is 5.10 Å². The SMILES string of the molecule is Cn1cc(-c2cn3c(-c4cccc(NC5CCNC5)n4)cnc3cc2C(O)O)cn1. The summed E-state index contributed by atoms with van der Waals surface area (Å²) in [5.74, 6) is 0.825. The highest BCUT2D eigenvalue weighted by molar-refractivity contribution is 5.71. The van der Waals surface area contributed by atoms with Gasteiger partial charge in [0.05, 0.1) is 23.8 Å². The second-order valence-electron chi connectivity index (χ2n) is 7.53. The number of hydrogen-bond donors (Lipinski definition) is 4. The van der Waals surface area contributed by atoms with E-state index >= 15 is 0 Å². The third-order valence-electron chi connectivity index (χ3n) is 5.40. The number of nitrogens with one attached hydrogen (secondary N) is 2. The van der Waals surface area contributed by atoms with Crippen LogP contribution in [0.2, 0.25) is 0 Å². The van der Waals surface area contributed by atoms with Gasteiger partial charge in [-0.1, -0.05) is 6.07 Å². The average Bonchev–Trinajstić information content (AvgIpc) is 3.48. The van der Waals surface area contributed by atoms with Crippen LogP contribution in [0.15, 0.2) is 49.1 Å². The first-order valence-corrected chi connectivity index (χ1v) is 9.89. The summed E-state index contributed by atoms with van der Waals surface area (Å²) in [7, 11) is 1.82. The molecule has 4 aromatic heterocycles. The lowest BCUT2D eigenvalue weighted by molar-refractivity contribution is -0.0420. The summed E-state index contributed by atoms with van der Waals surface area (Å²) in [5, 5.41) is 30.8. The standard InChI is InChI=1S/C21H23N7O2/c1-27-11-13(8-24-27)16-12-28-18(10-23-20(28)7-15(16)21(29)30)17-3-2-4-19(26-17)25-14-5-6-22-9-14/h2-4,7-8,10-12,14,21-22,29-30H,5-6,9H2,1H3,(H,25,26). The number of imidazole rings is 1. The third kappa shape index (κ3) is 3.43. The van der Waals surface area contributed by atoms with Crippen molar-refractivity contribution >= 4 is 11.5 Å². The van der Waals surface area contributed by atoms with Crippen molar-refractivity contribution in [1.29, 1.82) is 0 Å². The molecule has 1 aliphatic rings. The Morgan fingerprint density at radius 2 is 2.13 bits per heavy atom. The van der Waals surface area contributed by atoms with Gasteiger partial charge >= 0.3 is 0 Å². The predicted octanol–water partition coefficient (Wildman–Crippen LogP) is 1.55. The quantitative estimate of drug-likeness (QED) is 0.373. The summed E-state index contributed by atoms with van der Waals surface area (Å²) in [5.41, 5.74) is 4.07. The van der Waals surface area contributed by atoms with Crippen LogP contribution in [0.25, 0.3) is 28.2 Å². The van der Waals surface area contributed by atoms with E-state index in [-0.39, 0.29) is 0 Å². The molecule has 30 heavy (non-hydrogen) atoms. The van der Waals surface area contributed by atoms with Crippen LogP contribution in [-0.2, 0) is 7.05 Å². The zero-order valence-electron chi connectivity index (χ0n) is 16.5. The Balaban J connectivity index is 1.59. The summed E-state index contributed by atoms with van der Waals surface area (Å²) in [6.07, 6.45) is 6.59. The van der Waals surface area contributed by atoms with Crippen LogP contribution in [0.5, 0.6) is 0 Å². The van der Waals surface area contributed by atoms with Crippen molar-refractivity contribution in [3.63, 3.8) is 0 Å². The molecule has 4 aromatic rings. The number of nitrogens with zero attached hydrogens (tertiary/aromatic N) is 5. The topological polar surface area (TPSA) is 113 Å². The molecular weight excluding hydrogens is 382 g/mol. The van der Waals surface area contributed by atoms with Gasteiger partial charge in [0.1, 0.15) is 11.5 Å². The molecule has 0 spiro atoms. The number of pyridine rings is 2. The maximum Gasteiger partial charge on any atom is 0.179 e. The minimum absolute atomic E-state index is 0.376. The molecule has 154 valence electrons. The highest BCUT2D eigenvalue weighted by atomic mass is 16.5. The highest BCUT2D eigenvalue weighted by Crippen LogP contribution is 2.31. The Morgan fingerprint density at radius 1 is 1.23 bits per heavy atom. The number of anilines is 1. The Morgan fingerprint density at radius 3 is 2.87 bits per heavy atom. The van der Waals surface area contributed by atoms with E-state index in [1.54, 1.807) is 23.1 Å². The molecule has 1 aliphatic heterocycles. The van der Waals surface area contributed by atoms with Gasteiger partial charge in [-0.3, -0.25) is 9.08 Å². The van der Waals surface area contributed by atoms with E-state index < -0.39 is 6.29 Å². The lowest BCUT2D eigenvalue weighted by Gasteiger charge is -2.14. The van der Waals surface area contributed by atoms with E-state index in [4.69, 9.17) is 4.98 Å². The summed E-state index contributed by atoms with van der Waals surface area (Å²) >= 11 is 0. The van der Waals surface area contributed by atoms with Crippen molar-refractivity contribution < 1.29 is 10.2 Å². The Kier molecular flexibility index (Phi) is 4.70. The molecule has 0 bridgehead atoms. The fraction of sp³-hybridized carbons (Fsp3) is 0.286. The zero-order chi connectivity index (χ0) is 20.7. The number of aliphatic hydroxyl groups is 2. The number of aromatic nitrogens is 5. The lowest BCUT2D eigenvalue weighted by atomic mass is 10.0. The Bertz CT molecular complexity index is 1190. The van der Waals surface area contributed by atoms with E-state index in [0.29, 0.717) is 22.8 Å². The minimum Gasteiger partial charge on any atom is -0.366 e. The Hall–Kier alpha value is -3.27. The van der Waals surface area contributed by atoms with Gasteiger partial charge < -0.3 is 20.8 Å². The molecule has 1 fully saturated rings. The number of aryl methyl sites for hydroxylation is 1. The first-order chi connectivity index (χ1) is 14.6. The van der Waals surface area contributed by atoms with Crippen LogP contribution in [0.1, 0.15) is 18.3 Å². The molecule has 5 heterocycles. The molecule has 9 heteroatoms. The van der Waals surface area contributed by atoms with Crippen molar-refractivity contribution in [2.45, 2.75) is 18.8 Å². The predicted molar refractivity (Wildman–Crippen MR) is 113 cm³/mol. The largest absolute Gasteiger partial charge is 0.366 e. The van der Waals surface area contributed by atoms with E-state index in [9.17, 15) is 10.2 Å². The first-order valence-electron chi connectivity index (χ1n) is 9.89. The molecule has 5 rings (SSSR count). The first kappa shape index (κ1) is 18.7. The van der Waals surface area contributed by atoms with Crippen molar-refractivity contribution in [2.24, 2.45) is 7.05 Å². The average molecular weight is 405 g/mol. The number of aliphatic hydroxyl groups excluding tert-OH is 1. The molecule has 0 amide bonds. The number of rotatable bonds is 5. The van der Waals surface area contributed by atoms with E-state index in [1.165, 1.54) is 0 Å². The second kappa shape index (κ2) is 7.52. The van der Waals surface area contributed by atoms with Crippen LogP contribution in [0.3, 0.4) is 0 Å². The maximum absolute atomic E-state index is 9.89. The molecule has 0 radical (unpaired) electrons. The van der Waals surface area contributed by atoms with Crippen LogP contribution in [0.4, 0.5) is 5.82 Å². The van der Waals surface area contributed by atoms with Crippen molar-refractivity contribution in [3.8, 4) is 22.5 Å². The fourth-order valence-electron chi connectivity index (χ4n) is 3.89. The number of fused-ring (bicyclic) bond motifs is 1. The lowest BCUT2D eigenvalue weighted by Crippen LogP contribution is -2.22. The third-order valence-corrected chi connectivity index (χ3v) is 5.40. The summed E-state index contributed by atoms with van der Waals surface area (Å²) in [6, 6.07) is 7.94. The summed E-state index contributed by atoms with van der Waals surface area (Å²) in [6.45, 7) is 1.95. The molecule has 9 nitrogen and oxygen atoms in total. The van der Waals surface area contributed by atoms with Crippen LogP contribution < -0.4 is 10.6 Å². The highest BCUT2D eigenvalue weighted by Gasteiger charge is 2.18. The van der Waals surface area contributed by atoms with Gasteiger partial charge in [0.15, 0.2) is 6.29 Å². The van der Waals surface area contributed by atoms with Crippen molar-refractivity contribution in [3.05, 3.63) is 54.6 Å². The van der Waals surface area contributed by atoms with Gasteiger partial charge in [0.25, 0.3) is 0 Å². The van der Waals surface area contributed by atoms with Gasteiger partial charge in [-0.15, -0.1) is 0 Å². The minimum atomic E-state index is -1.61. The summed E-state index contributed by atoms with van der Waals surface area (Å²) in [4.78, 5) is 9.24. The maximum atomic E-state index is 9.89. The van der Waals surface area contributed by atoms with E-state index in [0.717, 1.165) is 42.3 Å². The molecule has 0 aliphatic carbocycles. The molecule has 4 N–H and O–H groups in total. The molecule has 0 aromatic carbocycles. The van der Waals surface area contributed by atoms with Gasteiger partial charge in [0, 0.05) is 48.7 Å². The fourth-order valence-corrected chi connectivity index (χ4v) is 3.89. The van der Waals surface area contributed by atoms with E-state index in [1.807, 2.05) is 42.0 Å². The Labute approximate surface area is 173 Å². The van der Waals surface area contributed by atoms with Gasteiger partial charge in [0.2, 0.25) is 0 Å². The normalized spacial score (nSPS) is 16.6. The molecule has 1 unspecified atom stereocenters. The molecule has 0 saturated carbocycles. The van der Waals surface area contributed by atoms with Crippen LogP contribution in [-0.4, -0.2) is 53.5 Å². The van der Waals surface area contributed by atoms with Gasteiger partial charge in [-0.25, -0.2) is 9.97 Å². The smallest absolute Gasteiger partial charge is 0.179 e. The molecule has 1 saturated heterocycles. The van der Waals surface area contributed by atoms with E-state index in [2.05, 4.69) is 20.7 Å². The number of hydrogen-bond acceptors (Lipinski definition) is 7. The second-order valence-corrected chi connectivity index (χ2v) is 7.53. The van der Waals surface area contributed by atoms with Crippen molar-refractivity contribution in [1.82, 2.24) is 29.5 Å². The summed E-state index contributed by atoms with van der Waals surface area (Å²) < 4.78 is 3.59. The van der Waals surface area contributed by atoms with Crippen LogP contribution in [0, 0.1) is 0 Å². The van der Waals surface area contributed by atoms with Crippen molar-refractivity contribution in [2.75, 3.05) is 18.4 Å².